The van der Waals surface area contributed by atoms with Crippen LogP contribution >= 0.6 is 11.6 Å². The number of nitro benzene ring substituents is 1. The van der Waals surface area contributed by atoms with E-state index in [4.69, 9.17) is 11.6 Å². The second-order valence-corrected chi connectivity index (χ2v) is 3.28. The van der Waals surface area contributed by atoms with Gasteiger partial charge in [0.25, 0.3) is 5.69 Å². The molecule has 0 bridgehead atoms. The SMILES string of the molecule is [CH2]C(C=C)c1cc(Cl)cc([N+](=O)[O-])c1. The number of nitrogens with zero attached hydrogens (tertiary/aromatic N) is 1. The van der Waals surface area contributed by atoms with Gasteiger partial charge in [-0.3, -0.25) is 10.1 Å². The van der Waals surface area contributed by atoms with Gasteiger partial charge in [-0.15, -0.1) is 6.58 Å². The van der Waals surface area contributed by atoms with E-state index in [0.29, 0.717) is 10.6 Å². The molecular weight excluding hydrogens is 202 g/mol. The Labute approximate surface area is 87.2 Å². The van der Waals surface area contributed by atoms with E-state index in [0.717, 1.165) is 0 Å². The summed E-state index contributed by atoms with van der Waals surface area (Å²) in [6.45, 7) is 7.33. The third-order valence-corrected chi connectivity index (χ3v) is 2.05. The minimum absolute atomic E-state index is 0.0250. The minimum atomic E-state index is -0.481. The van der Waals surface area contributed by atoms with Gasteiger partial charge in [0.1, 0.15) is 0 Å². The Morgan fingerprint density at radius 1 is 1.50 bits per heavy atom. The van der Waals surface area contributed by atoms with Crippen LogP contribution in [0.2, 0.25) is 5.02 Å². The zero-order chi connectivity index (χ0) is 10.7. The van der Waals surface area contributed by atoms with Crippen LogP contribution in [0.3, 0.4) is 0 Å². The Bertz CT molecular complexity index is 376. The maximum atomic E-state index is 10.5. The molecule has 0 N–H and O–H groups in total. The fourth-order valence-corrected chi connectivity index (χ4v) is 1.29. The average molecular weight is 211 g/mol. The monoisotopic (exact) mass is 210 g/mol. The maximum Gasteiger partial charge on any atom is 0.271 e. The lowest BCUT2D eigenvalue weighted by Gasteiger charge is -2.05. The van der Waals surface area contributed by atoms with Gasteiger partial charge in [0.15, 0.2) is 0 Å². The molecular formula is C10H9ClNO2. The van der Waals surface area contributed by atoms with Gasteiger partial charge in [0, 0.05) is 23.1 Å². The minimum Gasteiger partial charge on any atom is -0.258 e. The number of hydrogen-bond acceptors (Lipinski definition) is 2. The Morgan fingerprint density at radius 2 is 2.14 bits per heavy atom. The van der Waals surface area contributed by atoms with Crippen molar-refractivity contribution in [1.29, 1.82) is 0 Å². The number of allylic oxidation sites excluding steroid dienone is 1. The smallest absolute Gasteiger partial charge is 0.258 e. The molecule has 73 valence electrons. The summed E-state index contributed by atoms with van der Waals surface area (Å²) in [5.41, 5.74) is 0.669. The van der Waals surface area contributed by atoms with E-state index in [-0.39, 0.29) is 11.6 Å². The zero-order valence-electron chi connectivity index (χ0n) is 7.44. The summed E-state index contributed by atoms with van der Waals surface area (Å²) in [6.07, 6.45) is 1.61. The molecule has 1 radical (unpaired) electrons. The van der Waals surface area contributed by atoms with Crippen molar-refractivity contribution in [3.8, 4) is 0 Å². The predicted octanol–water partition coefficient (Wildman–Crippen LogP) is 3.35. The normalized spacial score (nSPS) is 12.1. The molecule has 0 aromatic heterocycles. The van der Waals surface area contributed by atoms with Gasteiger partial charge in [-0.25, -0.2) is 0 Å². The largest absolute Gasteiger partial charge is 0.271 e. The first-order valence-corrected chi connectivity index (χ1v) is 4.33. The van der Waals surface area contributed by atoms with Gasteiger partial charge >= 0.3 is 0 Å². The number of hydrogen-bond donors (Lipinski definition) is 0. The number of halogens is 1. The van der Waals surface area contributed by atoms with Crippen LogP contribution in [0.25, 0.3) is 0 Å². The highest BCUT2D eigenvalue weighted by atomic mass is 35.5. The number of non-ortho nitro benzene ring substituents is 1. The van der Waals surface area contributed by atoms with E-state index in [1.54, 1.807) is 12.1 Å². The van der Waals surface area contributed by atoms with E-state index in [1.807, 2.05) is 0 Å². The third-order valence-electron chi connectivity index (χ3n) is 1.83. The van der Waals surface area contributed by atoms with Crippen molar-refractivity contribution >= 4 is 17.3 Å². The lowest BCUT2D eigenvalue weighted by atomic mass is 10.0. The molecule has 1 atom stereocenters. The van der Waals surface area contributed by atoms with Crippen LogP contribution in [-0.2, 0) is 0 Å². The molecule has 0 saturated heterocycles. The van der Waals surface area contributed by atoms with Crippen LogP contribution in [0.5, 0.6) is 0 Å². The lowest BCUT2D eigenvalue weighted by molar-refractivity contribution is -0.384. The standard InChI is InChI=1S/C10H9ClNO2/c1-3-7(2)8-4-9(11)6-10(5-8)12(13)14/h3-7H,1-2H2. The molecule has 1 aromatic carbocycles. The average Bonchev–Trinajstić information content (AvgIpc) is 2.15. The first-order valence-electron chi connectivity index (χ1n) is 3.95. The topological polar surface area (TPSA) is 43.1 Å². The predicted molar refractivity (Wildman–Crippen MR) is 56.4 cm³/mol. The molecule has 1 aromatic rings. The molecule has 14 heavy (non-hydrogen) atoms. The lowest BCUT2D eigenvalue weighted by Crippen LogP contribution is -1.93. The highest BCUT2D eigenvalue weighted by molar-refractivity contribution is 6.30. The summed E-state index contributed by atoms with van der Waals surface area (Å²) >= 11 is 5.73. The van der Waals surface area contributed by atoms with Gasteiger partial charge < -0.3 is 0 Å². The van der Waals surface area contributed by atoms with E-state index in [9.17, 15) is 10.1 Å². The van der Waals surface area contributed by atoms with Crippen LogP contribution < -0.4 is 0 Å². The highest BCUT2D eigenvalue weighted by Crippen LogP contribution is 2.25. The summed E-state index contributed by atoms with van der Waals surface area (Å²) in [5, 5.41) is 10.9. The fraction of sp³-hybridized carbons (Fsp3) is 0.100. The van der Waals surface area contributed by atoms with Crippen molar-refractivity contribution in [3.63, 3.8) is 0 Å². The molecule has 3 nitrogen and oxygen atoms in total. The van der Waals surface area contributed by atoms with Gasteiger partial charge in [-0.05, 0) is 18.6 Å². The molecule has 0 heterocycles. The zero-order valence-corrected chi connectivity index (χ0v) is 8.20. The Kier molecular flexibility index (Phi) is 3.25. The second kappa shape index (κ2) is 4.24. The van der Waals surface area contributed by atoms with Crippen molar-refractivity contribution in [1.82, 2.24) is 0 Å². The Morgan fingerprint density at radius 3 is 2.64 bits per heavy atom. The van der Waals surface area contributed by atoms with Crippen molar-refractivity contribution < 1.29 is 4.92 Å². The summed E-state index contributed by atoms with van der Waals surface area (Å²) in [6, 6.07) is 4.40. The van der Waals surface area contributed by atoms with Gasteiger partial charge in [0.05, 0.1) is 4.92 Å². The second-order valence-electron chi connectivity index (χ2n) is 2.84. The highest BCUT2D eigenvalue weighted by Gasteiger charge is 2.11. The quantitative estimate of drug-likeness (QED) is 0.436. The summed E-state index contributed by atoms with van der Waals surface area (Å²) < 4.78 is 0. The van der Waals surface area contributed by atoms with Crippen LogP contribution in [0.15, 0.2) is 30.9 Å². The van der Waals surface area contributed by atoms with Crippen molar-refractivity contribution in [2.45, 2.75) is 5.92 Å². The number of benzene rings is 1. The summed E-state index contributed by atoms with van der Waals surface area (Å²) in [4.78, 5) is 10.0. The first kappa shape index (κ1) is 10.7. The van der Waals surface area contributed by atoms with Gasteiger partial charge in [-0.1, -0.05) is 17.7 Å². The van der Waals surface area contributed by atoms with Gasteiger partial charge in [-0.2, -0.15) is 0 Å². The van der Waals surface area contributed by atoms with Crippen LogP contribution in [0, 0.1) is 17.0 Å². The summed E-state index contributed by atoms with van der Waals surface area (Å²) in [7, 11) is 0. The summed E-state index contributed by atoms with van der Waals surface area (Å²) in [5.74, 6) is -0.188. The van der Waals surface area contributed by atoms with Crippen LogP contribution in [-0.4, -0.2) is 4.92 Å². The van der Waals surface area contributed by atoms with Crippen molar-refractivity contribution in [2.75, 3.05) is 0 Å². The molecule has 0 spiro atoms. The molecule has 0 aliphatic heterocycles. The van der Waals surface area contributed by atoms with E-state index >= 15 is 0 Å². The molecule has 0 amide bonds. The van der Waals surface area contributed by atoms with E-state index in [1.165, 1.54) is 12.1 Å². The molecule has 0 aliphatic carbocycles. The Balaban J connectivity index is 3.19. The number of nitro groups is 1. The van der Waals surface area contributed by atoms with Crippen LogP contribution in [0.4, 0.5) is 5.69 Å². The first-order chi connectivity index (χ1) is 6.54. The third kappa shape index (κ3) is 2.33. The fourth-order valence-electron chi connectivity index (χ4n) is 1.05. The molecule has 0 fully saturated rings. The van der Waals surface area contributed by atoms with Gasteiger partial charge in [0.2, 0.25) is 0 Å². The molecule has 1 unspecified atom stereocenters. The molecule has 0 saturated carbocycles. The van der Waals surface area contributed by atoms with E-state index in [2.05, 4.69) is 13.5 Å². The number of rotatable bonds is 3. The maximum absolute atomic E-state index is 10.5. The Hall–Kier alpha value is -1.35. The van der Waals surface area contributed by atoms with E-state index < -0.39 is 4.92 Å². The van der Waals surface area contributed by atoms with Crippen LogP contribution in [0.1, 0.15) is 11.5 Å². The van der Waals surface area contributed by atoms with Crippen molar-refractivity contribution in [2.24, 2.45) is 0 Å². The molecule has 4 heteroatoms. The van der Waals surface area contributed by atoms with Crippen molar-refractivity contribution in [3.05, 3.63) is 58.5 Å². The molecule has 0 aliphatic rings. The molecule has 1 rings (SSSR count).